The van der Waals surface area contributed by atoms with Crippen molar-refractivity contribution in [1.82, 2.24) is 5.32 Å². The summed E-state index contributed by atoms with van der Waals surface area (Å²) in [6.45, 7) is 2.42. The monoisotopic (exact) mass is 290 g/mol. The Bertz CT molecular complexity index is 540. The molecule has 0 saturated heterocycles. The van der Waals surface area contributed by atoms with E-state index < -0.39 is 0 Å². The first-order chi connectivity index (χ1) is 9.16. The maximum atomic E-state index is 11.9. The molecular weight excluding hydrogens is 272 g/mol. The zero-order valence-electron chi connectivity index (χ0n) is 11.4. The lowest BCUT2D eigenvalue weighted by Crippen LogP contribution is -2.31. The molecule has 1 unspecified atom stereocenters. The molecule has 0 spiro atoms. The van der Waals surface area contributed by atoms with Crippen LogP contribution in [0.5, 0.6) is 0 Å². The fourth-order valence-corrected chi connectivity index (χ4v) is 1.83. The topological polar surface area (TPSA) is 55.1 Å². The molecule has 2 aromatic carbocycles. The number of nitrogens with two attached hydrogens (primary N) is 1. The van der Waals surface area contributed by atoms with E-state index in [0.717, 1.165) is 11.1 Å². The first-order valence-corrected chi connectivity index (χ1v) is 6.32. The van der Waals surface area contributed by atoms with Gasteiger partial charge in [-0.1, -0.05) is 48.0 Å². The van der Waals surface area contributed by atoms with Gasteiger partial charge in [0.25, 0.3) is 5.91 Å². The summed E-state index contributed by atoms with van der Waals surface area (Å²) in [6, 6.07) is 17.0. The normalized spacial score (nSPS) is 11.3. The minimum Gasteiger partial charge on any atom is -0.350 e. The third kappa shape index (κ3) is 4.37. The van der Waals surface area contributed by atoms with Gasteiger partial charge in [-0.3, -0.25) is 4.79 Å². The molecule has 20 heavy (non-hydrogen) atoms. The van der Waals surface area contributed by atoms with Gasteiger partial charge in [-0.2, -0.15) is 0 Å². The number of benzene rings is 2. The number of nitrogens with one attached hydrogen (secondary N) is 1. The third-order valence-corrected chi connectivity index (χ3v) is 3.02. The van der Waals surface area contributed by atoms with Gasteiger partial charge in [-0.05, 0) is 24.6 Å². The largest absolute Gasteiger partial charge is 0.350 e. The summed E-state index contributed by atoms with van der Waals surface area (Å²) < 4.78 is 0. The van der Waals surface area contributed by atoms with Crippen molar-refractivity contribution in [2.45, 2.75) is 13.0 Å². The van der Waals surface area contributed by atoms with Crippen LogP contribution in [-0.2, 0) is 0 Å². The molecular formula is C16H19ClN2O. The van der Waals surface area contributed by atoms with Crippen LogP contribution in [0, 0.1) is 6.92 Å². The van der Waals surface area contributed by atoms with Crippen molar-refractivity contribution in [3.63, 3.8) is 0 Å². The average molecular weight is 291 g/mol. The molecule has 0 aliphatic carbocycles. The maximum absolute atomic E-state index is 11.9. The highest BCUT2D eigenvalue weighted by Gasteiger charge is 2.09. The lowest BCUT2D eigenvalue weighted by atomic mass is 10.1. The molecule has 3 nitrogen and oxygen atoms in total. The molecule has 4 heteroatoms. The highest BCUT2D eigenvalue weighted by Crippen LogP contribution is 2.08. The molecule has 3 N–H and O–H groups in total. The molecule has 0 aliphatic heterocycles. The van der Waals surface area contributed by atoms with Gasteiger partial charge < -0.3 is 11.1 Å². The Balaban J connectivity index is 0.00000200. The van der Waals surface area contributed by atoms with Gasteiger partial charge in [0.05, 0.1) is 0 Å². The Kier molecular flexibility index (Phi) is 6.22. The average Bonchev–Trinajstić information content (AvgIpc) is 2.46. The number of carbonyl (C=O) groups excluding carboxylic acids is 1. The predicted octanol–water partition coefficient (Wildman–Crippen LogP) is 2.85. The first-order valence-electron chi connectivity index (χ1n) is 6.32. The van der Waals surface area contributed by atoms with Gasteiger partial charge in [0.15, 0.2) is 0 Å². The van der Waals surface area contributed by atoms with Gasteiger partial charge in [0.2, 0.25) is 0 Å². The molecule has 2 aromatic rings. The fraction of sp³-hybridized carbons (Fsp3) is 0.188. The fourth-order valence-electron chi connectivity index (χ4n) is 1.83. The molecule has 0 heterocycles. The number of hydrogen-bond donors (Lipinski definition) is 2. The van der Waals surface area contributed by atoms with Crippen molar-refractivity contribution in [2.75, 3.05) is 6.54 Å². The smallest absolute Gasteiger partial charge is 0.251 e. The van der Waals surface area contributed by atoms with Crippen molar-refractivity contribution >= 4 is 18.3 Å². The third-order valence-electron chi connectivity index (χ3n) is 3.02. The van der Waals surface area contributed by atoms with Crippen LogP contribution >= 0.6 is 12.4 Å². The molecule has 0 bridgehead atoms. The van der Waals surface area contributed by atoms with Crippen LogP contribution < -0.4 is 11.1 Å². The molecule has 0 radical (unpaired) electrons. The minimum atomic E-state index is -0.185. The zero-order valence-corrected chi connectivity index (χ0v) is 12.2. The molecule has 1 atom stereocenters. The Hall–Kier alpha value is -1.84. The lowest BCUT2D eigenvalue weighted by molar-refractivity contribution is 0.0951. The van der Waals surface area contributed by atoms with E-state index >= 15 is 0 Å². The van der Waals surface area contributed by atoms with Gasteiger partial charge in [-0.25, -0.2) is 0 Å². The highest BCUT2D eigenvalue weighted by atomic mass is 35.5. The van der Waals surface area contributed by atoms with Crippen LogP contribution in [0.4, 0.5) is 0 Å². The summed E-state index contributed by atoms with van der Waals surface area (Å²) >= 11 is 0. The number of aryl methyl sites for hydroxylation is 1. The summed E-state index contributed by atoms with van der Waals surface area (Å²) in [7, 11) is 0. The van der Waals surface area contributed by atoms with E-state index in [1.54, 1.807) is 0 Å². The van der Waals surface area contributed by atoms with Crippen molar-refractivity contribution in [2.24, 2.45) is 5.73 Å². The van der Waals surface area contributed by atoms with Crippen LogP contribution in [0.15, 0.2) is 54.6 Å². The molecule has 106 valence electrons. The molecule has 0 aromatic heterocycles. The van der Waals surface area contributed by atoms with Gasteiger partial charge in [-0.15, -0.1) is 12.4 Å². The second-order valence-electron chi connectivity index (χ2n) is 4.59. The van der Waals surface area contributed by atoms with Gasteiger partial charge in [0, 0.05) is 18.2 Å². The molecule has 0 aliphatic rings. The Labute approximate surface area is 125 Å². The Morgan fingerprint density at radius 1 is 1.10 bits per heavy atom. The molecule has 0 saturated carbocycles. The molecule has 1 amide bonds. The number of halogens is 1. The Morgan fingerprint density at radius 3 is 2.30 bits per heavy atom. The number of carbonyl (C=O) groups is 1. The molecule has 0 fully saturated rings. The first kappa shape index (κ1) is 16.2. The van der Waals surface area contributed by atoms with Crippen molar-refractivity contribution in [1.29, 1.82) is 0 Å². The van der Waals surface area contributed by atoms with E-state index in [-0.39, 0.29) is 24.4 Å². The quantitative estimate of drug-likeness (QED) is 0.910. The van der Waals surface area contributed by atoms with Crippen LogP contribution in [0.25, 0.3) is 0 Å². The van der Waals surface area contributed by atoms with Gasteiger partial charge in [0.1, 0.15) is 0 Å². The second kappa shape index (κ2) is 7.68. The predicted molar refractivity (Wildman–Crippen MR) is 84.1 cm³/mol. The summed E-state index contributed by atoms with van der Waals surface area (Å²) in [4.78, 5) is 11.9. The van der Waals surface area contributed by atoms with E-state index in [1.165, 1.54) is 0 Å². The van der Waals surface area contributed by atoms with E-state index in [0.29, 0.717) is 12.1 Å². The van der Waals surface area contributed by atoms with E-state index in [2.05, 4.69) is 5.32 Å². The summed E-state index contributed by atoms with van der Waals surface area (Å²) in [5.74, 6) is -0.0913. The molecule has 2 rings (SSSR count). The van der Waals surface area contributed by atoms with Crippen LogP contribution in [0.2, 0.25) is 0 Å². The maximum Gasteiger partial charge on any atom is 0.251 e. The van der Waals surface area contributed by atoms with Crippen LogP contribution in [-0.4, -0.2) is 12.5 Å². The van der Waals surface area contributed by atoms with Crippen LogP contribution in [0.3, 0.4) is 0 Å². The van der Waals surface area contributed by atoms with Crippen LogP contribution in [0.1, 0.15) is 27.5 Å². The summed E-state index contributed by atoms with van der Waals surface area (Å²) in [5, 5.41) is 2.85. The van der Waals surface area contributed by atoms with Crippen molar-refractivity contribution in [3.05, 3.63) is 71.3 Å². The van der Waals surface area contributed by atoms with Crippen molar-refractivity contribution in [3.8, 4) is 0 Å². The van der Waals surface area contributed by atoms with E-state index in [4.69, 9.17) is 5.73 Å². The second-order valence-corrected chi connectivity index (χ2v) is 4.59. The SMILES string of the molecule is Cc1ccc(C(=O)NCC(N)c2ccccc2)cc1.Cl. The number of hydrogen-bond acceptors (Lipinski definition) is 2. The zero-order chi connectivity index (χ0) is 13.7. The number of rotatable bonds is 4. The Morgan fingerprint density at radius 2 is 1.70 bits per heavy atom. The van der Waals surface area contributed by atoms with E-state index in [1.807, 2.05) is 61.5 Å². The lowest BCUT2D eigenvalue weighted by Gasteiger charge is -2.13. The van der Waals surface area contributed by atoms with Gasteiger partial charge >= 0.3 is 0 Å². The van der Waals surface area contributed by atoms with Crippen molar-refractivity contribution < 1.29 is 4.79 Å². The number of amides is 1. The summed E-state index contributed by atoms with van der Waals surface area (Å²) in [5.41, 5.74) is 8.85. The minimum absolute atomic E-state index is 0. The highest BCUT2D eigenvalue weighted by molar-refractivity contribution is 5.94. The summed E-state index contributed by atoms with van der Waals surface area (Å²) in [6.07, 6.45) is 0. The standard InChI is InChI=1S/C16H18N2O.ClH/c1-12-7-9-14(10-8-12)16(19)18-11-15(17)13-5-3-2-4-6-13;/h2-10,15H,11,17H2,1H3,(H,18,19);1H. The van der Waals surface area contributed by atoms with E-state index in [9.17, 15) is 4.79 Å².